The van der Waals surface area contributed by atoms with E-state index in [1.807, 2.05) is 28.3 Å². The SMILES string of the molecule is CC[C@H](NC(=O)OC)C(=O)N[C@@H](Cc1ccc(NS(=O)(=O)O)cc1)c1csc(-c2ccco2)n1.Cc1ccccc1. The highest BCUT2D eigenvalue weighted by atomic mass is 32.2. The summed E-state index contributed by atoms with van der Waals surface area (Å²) in [6.07, 6.45) is 1.50. The van der Waals surface area contributed by atoms with Crippen LogP contribution >= 0.6 is 11.3 Å². The fourth-order valence-electron chi connectivity index (χ4n) is 3.64. The van der Waals surface area contributed by atoms with Crippen molar-refractivity contribution >= 4 is 39.3 Å². The van der Waals surface area contributed by atoms with Crippen LogP contribution in [0.5, 0.6) is 0 Å². The molecule has 4 N–H and O–H groups in total. The Morgan fingerprint density at radius 1 is 1.05 bits per heavy atom. The van der Waals surface area contributed by atoms with Crippen molar-refractivity contribution in [1.29, 1.82) is 0 Å². The maximum absolute atomic E-state index is 12.9. The highest BCUT2D eigenvalue weighted by Crippen LogP contribution is 2.28. The predicted molar refractivity (Wildman–Crippen MR) is 157 cm³/mol. The lowest BCUT2D eigenvalue weighted by Gasteiger charge is -2.22. The second-order valence-corrected chi connectivity index (χ2v) is 10.9. The Hall–Kier alpha value is -4.20. The largest absolute Gasteiger partial charge is 0.462 e. The molecule has 0 saturated heterocycles. The Morgan fingerprint density at radius 3 is 2.29 bits per heavy atom. The number of hydrogen-bond donors (Lipinski definition) is 4. The normalized spacial score (nSPS) is 12.3. The van der Waals surface area contributed by atoms with Crippen LogP contribution in [0.15, 0.2) is 82.8 Å². The van der Waals surface area contributed by atoms with Gasteiger partial charge in [0, 0.05) is 5.38 Å². The van der Waals surface area contributed by atoms with Crippen LogP contribution in [-0.4, -0.2) is 43.1 Å². The van der Waals surface area contributed by atoms with Crippen molar-refractivity contribution < 1.29 is 31.7 Å². The van der Waals surface area contributed by atoms with E-state index in [9.17, 15) is 18.0 Å². The van der Waals surface area contributed by atoms with Gasteiger partial charge in [0.25, 0.3) is 0 Å². The molecule has 0 spiro atoms. The molecule has 2 aromatic carbocycles. The quantitative estimate of drug-likeness (QED) is 0.182. The van der Waals surface area contributed by atoms with Gasteiger partial charge >= 0.3 is 16.4 Å². The van der Waals surface area contributed by atoms with E-state index >= 15 is 0 Å². The molecule has 2 atom stereocenters. The summed E-state index contributed by atoms with van der Waals surface area (Å²) in [7, 11) is -3.17. The van der Waals surface area contributed by atoms with E-state index in [2.05, 4.69) is 39.4 Å². The predicted octanol–water partition coefficient (Wildman–Crippen LogP) is 5.15. The maximum Gasteiger partial charge on any atom is 0.407 e. The van der Waals surface area contributed by atoms with E-state index in [4.69, 9.17) is 8.97 Å². The number of carbonyl (C=O) groups is 2. The number of hydrogen-bond acceptors (Lipinski definition) is 8. The molecule has 2 amide bonds. The van der Waals surface area contributed by atoms with Crippen molar-refractivity contribution in [2.75, 3.05) is 11.8 Å². The minimum Gasteiger partial charge on any atom is -0.462 e. The summed E-state index contributed by atoms with van der Waals surface area (Å²) in [5, 5.41) is 7.88. The van der Waals surface area contributed by atoms with E-state index in [0.29, 0.717) is 29.3 Å². The van der Waals surface area contributed by atoms with Crippen molar-refractivity contribution in [3.63, 3.8) is 0 Å². The van der Waals surface area contributed by atoms with Gasteiger partial charge in [0.1, 0.15) is 6.04 Å². The van der Waals surface area contributed by atoms with Gasteiger partial charge in [0.2, 0.25) is 5.91 Å². The smallest absolute Gasteiger partial charge is 0.407 e. The van der Waals surface area contributed by atoms with Gasteiger partial charge in [-0.1, -0.05) is 55.0 Å². The Bertz CT molecular complexity index is 1490. The van der Waals surface area contributed by atoms with Gasteiger partial charge in [-0.2, -0.15) is 8.42 Å². The van der Waals surface area contributed by atoms with E-state index in [-0.39, 0.29) is 5.69 Å². The van der Waals surface area contributed by atoms with Gasteiger partial charge in [-0.05, 0) is 49.6 Å². The molecule has 11 nitrogen and oxygen atoms in total. The summed E-state index contributed by atoms with van der Waals surface area (Å²) in [4.78, 5) is 29.1. The van der Waals surface area contributed by atoms with E-state index < -0.39 is 34.4 Å². The first-order valence-corrected chi connectivity index (χ1v) is 14.9. The van der Waals surface area contributed by atoms with Crippen molar-refractivity contribution in [1.82, 2.24) is 15.6 Å². The number of thiazole rings is 1. The van der Waals surface area contributed by atoms with E-state index in [0.717, 1.165) is 5.56 Å². The summed E-state index contributed by atoms with van der Waals surface area (Å²) in [6.45, 7) is 3.84. The zero-order chi connectivity index (χ0) is 29.8. The monoisotopic (exact) mass is 600 g/mol. The molecule has 0 fully saturated rings. The molecule has 0 aliphatic heterocycles. The van der Waals surface area contributed by atoms with Gasteiger partial charge < -0.3 is 19.8 Å². The van der Waals surface area contributed by atoms with Crippen molar-refractivity contribution in [3.05, 3.63) is 95.2 Å². The Balaban J connectivity index is 0.000000575. The van der Waals surface area contributed by atoms with Gasteiger partial charge in [0.15, 0.2) is 10.8 Å². The highest BCUT2D eigenvalue weighted by Gasteiger charge is 2.25. The molecule has 0 aliphatic carbocycles. The lowest BCUT2D eigenvalue weighted by molar-refractivity contribution is -0.123. The number of furan rings is 1. The first kappa shape index (κ1) is 31.3. The van der Waals surface area contributed by atoms with Crippen LogP contribution in [0.2, 0.25) is 0 Å². The fraction of sp³-hybridized carbons (Fsp3) is 0.250. The average molecular weight is 601 g/mol. The zero-order valence-electron chi connectivity index (χ0n) is 22.7. The molecule has 0 saturated carbocycles. The summed E-state index contributed by atoms with van der Waals surface area (Å²) in [5.74, 6) is 0.191. The van der Waals surface area contributed by atoms with Crippen molar-refractivity contribution in [2.45, 2.75) is 38.8 Å². The Morgan fingerprint density at radius 2 is 1.76 bits per heavy atom. The molecule has 0 unspecified atom stereocenters. The van der Waals surface area contributed by atoms with Crippen molar-refractivity contribution in [3.8, 4) is 10.8 Å². The number of amides is 2. The summed E-state index contributed by atoms with van der Waals surface area (Å²) < 4.78 is 42.9. The third-order valence-electron chi connectivity index (χ3n) is 5.71. The molecule has 0 bridgehead atoms. The molecule has 4 rings (SSSR count). The van der Waals surface area contributed by atoms with E-state index in [1.165, 1.54) is 36.1 Å². The number of methoxy groups -OCH3 is 1. The van der Waals surface area contributed by atoms with Crippen LogP contribution in [-0.2, 0) is 26.3 Å². The number of nitrogens with one attached hydrogen (secondary N) is 3. The lowest BCUT2D eigenvalue weighted by atomic mass is 10.0. The first-order chi connectivity index (χ1) is 19.6. The van der Waals surface area contributed by atoms with Crippen LogP contribution < -0.4 is 15.4 Å². The van der Waals surface area contributed by atoms with Gasteiger partial charge in [-0.3, -0.25) is 14.1 Å². The van der Waals surface area contributed by atoms with Crippen LogP contribution in [0.3, 0.4) is 0 Å². The number of carbonyl (C=O) groups excluding carboxylic acids is 2. The third-order valence-corrected chi connectivity index (χ3v) is 7.08. The van der Waals surface area contributed by atoms with Crippen LogP contribution in [0, 0.1) is 6.92 Å². The average Bonchev–Trinajstić information content (AvgIpc) is 3.65. The molecule has 13 heteroatoms. The number of ether oxygens (including phenoxy) is 1. The van der Waals surface area contributed by atoms with Gasteiger partial charge in [0.05, 0.1) is 30.8 Å². The van der Waals surface area contributed by atoms with Gasteiger partial charge in [-0.25, -0.2) is 9.78 Å². The fourth-order valence-corrected chi connectivity index (χ4v) is 4.92. The van der Waals surface area contributed by atoms with E-state index in [1.54, 1.807) is 37.5 Å². The Labute approximate surface area is 242 Å². The number of nitrogens with zero attached hydrogens (tertiary/aromatic N) is 1. The molecule has 0 radical (unpaired) electrons. The molecular weight excluding hydrogens is 568 g/mol. The second-order valence-electron chi connectivity index (χ2n) is 8.85. The number of aromatic nitrogens is 1. The second kappa shape index (κ2) is 15.0. The number of rotatable bonds is 10. The molecule has 218 valence electrons. The molecule has 41 heavy (non-hydrogen) atoms. The maximum atomic E-state index is 12.9. The summed E-state index contributed by atoms with van der Waals surface area (Å²) >= 11 is 1.36. The van der Waals surface area contributed by atoms with Crippen LogP contribution in [0.4, 0.5) is 10.5 Å². The minimum atomic E-state index is -4.38. The number of anilines is 1. The van der Waals surface area contributed by atoms with Gasteiger partial charge in [-0.15, -0.1) is 11.3 Å². The molecule has 2 aromatic heterocycles. The number of benzene rings is 2. The number of aryl methyl sites for hydroxylation is 1. The minimum absolute atomic E-state index is 0.189. The topological polar surface area (TPSA) is 160 Å². The summed E-state index contributed by atoms with van der Waals surface area (Å²) in [5.41, 5.74) is 2.88. The highest BCUT2D eigenvalue weighted by molar-refractivity contribution is 7.87. The third kappa shape index (κ3) is 10.4. The Kier molecular flexibility index (Phi) is 11.4. The zero-order valence-corrected chi connectivity index (χ0v) is 24.4. The summed E-state index contributed by atoms with van der Waals surface area (Å²) in [6, 6.07) is 18.7. The molecule has 0 aliphatic rings. The standard InChI is InChI=1S/C21H24N4O7S2.C7H8/c1-3-15(24-21(27)31-2)19(26)22-16(17-12-33-20(23-17)18-5-4-10-32-18)11-13-6-8-14(9-7-13)25-34(28,29)30;1-7-5-3-2-4-6-7/h4-10,12,15-16,25H,3,11H2,1-2H3,(H,22,26)(H,24,27)(H,28,29,30);2-6H,1H3/t15-,16-;/m0./s1. The molecular formula is C28H32N4O7S2. The lowest BCUT2D eigenvalue weighted by Crippen LogP contribution is -2.47. The van der Waals surface area contributed by atoms with Crippen LogP contribution in [0.1, 0.15) is 36.2 Å². The first-order valence-electron chi connectivity index (χ1n) is 12.6. The molecule has 4 aromatic rings. The molecule has 2 heterocycles. The van der Waals surface area contributed by atoms with Crippen LogP contribution in [0.25, 0.3) is 10.8 Å². The van der Waals surface area contributed by atoms with Crippen molar-refractivity contribution in [2.24, 2.45) is 0 Å². The number of alkyl carbamates (subject to hydrolysis) is 1.